The van der Waals surface area contributed by atoms with Crippen LogP contribution in [0.4, 0.5) is 22.7 Å². The fourth-order valence-corrected chi connectivity index (χ4v) is 2.91. The maximum Gasteiger partial charge on any atom is 0.311 e. The number of nitrogens with zero attached hydrogens (tertiary/aromatic N) is 3. The predicted molar refractivity (Wildman–Crippen MR) is 139 cm³/mol. The molecule has 1 N–H and O–H groups in total. The van der Waals surface area contributed by atoms with Crippen LogP contribution in [-0.4, -0.2) is 30.0 Å². The van der Waals surface area contributed by atoms with Crippen LogP contribution in [0.5, 0.6) is 5.75 Å². The number of esters is 1. The van der Waals surface area contributed by atoms with Crippen molar-refractivity contribution in [3.05, 3.63) is 88.5 Å². The first-order valence-corrected chi connectivity index (χ1v) is 11.7. The molecule has 1 amide bonds. The van der Waals surface area contributed by atoms with Gasteiger partial charge in [-0.3, -0.25) is 19.7 Å². The molecule has 10 nitrogen and oxygen atoms in total. The van der Waals surface area contributed by atoms with Crippen molar-refractivity contribution in [1.82, 2.24) is 0 Å². The Labute approximate surface area is 214 Å². The van der Waals surface area contributed by atoms with Gasteiger partial charge in [0, 0.05) is 23.4 Å². The van der Waals surface area contributed by atoms with E-state index in [1.54, 1.807) is 48.5 Å². The predicted octanol–water partition coefficient (Wildman–Crippen LogP) is 6.62. The van der Waals surface area contributed by atoms with Crippen molar-refractivity contribution in [2.24, 2.45) is 15.6 Å². The van der Waals surface area contributed by atoms with Gasteiger partial charge in [0.1, 0.15) is 19.0 Å². The van der Waals surface area contributed by atoms with Crippen molar-refractivity contribution in [1.29, 1.82) is 0 Å². The number of non-ortho nitro benzene ring substituents is 1. The first-order valence-electron chi connectivity index (χ1n) is 11.7. The number of anilines is 1. The van der Waals surface area contributed by atoms with Crippen LogP contribution in [0.2, 0.25) is 0 Å². The molecule has 192 valence electrons. The Morgan fingerprint density at radius 3 is 2.00 bits per heavy atom. The molecule has 0 heterocycles. The number of hydrogen-bond donors (Lipinski definition) is 1. The van der Waals surface area contributed by atoms with E-state index >= 15 is 0 Å². The van der Waals surface area contributed by atoms with Crippen LogP contribution in [0.15, 0.2) is 83.0 Å². The number of ether oxygens (including phenoxy) is 2. The highest BCUT2D eigenvalue weighted by molar-refractivity contribution is 6.04. The summed E-state index contributed by atoms with van der Waals surface area (Å²) >= 11 is 0. The smallest absolute Gasteiger partial charge is 0.311 e. The average Bonchev–Trinajstić information content (AvgIpc) is 2.91. The highest BCUT2D eigenvalue weighted by Crippen LogP contribution is 2.23. The lowest BCUT2D eigenvalue weighted by Gasteiger charge is -2.20. The fourth-order valence-electron chi connectivity index (χ4n) is 2.91. The number of nitro groups is 1. The van der Waals surface area contributed by atoms with Crippen molar-refractivity contribution in [2.45, 2.75) is 27.2 Å². The Balaban J connectivity index is 1.47. The summed E-state index contributed by atoms with van der Waals surface area (Å²) in [4.78, 5) is 34.7. The lowest BCUT2D eigenvalue weighted by molar-refractivity contribution is -0.384. The maximum absolute atomic E-state index is 12.6. The van der Waals surface area contributed by atoms with Crippen LogP contribution in [-0.2, 0) is 9.53 Å². The van der Waals surface area contributed by atoms with E-state index in [9.17, 15) is 19.7 Å². The molecule has 37 heavy (non-hydrogen) atoms. The van der Waals surface area contributed by atoms with Gasteiger partial charge in [-0.1, -0.05) is 6.92 Å². The third kappa shape index (κ3) is 7.96. The number of nitro benzene ring substituents is 1. The second kappa shape index (κ2) is 12.4. The molecule has 0 aliphatic rings. The second-order valence-electron chi connectivity index (χ2n) is 8.72. The van der Waals surface area contributed by atoms with E-state index in [2.05, 4.69) is 15.5 Å². The van der Waals surface area contributed by atoms with Crippen LogP contribution in [0.1, 0.15) is 37.6 Å². The maximum atomic E-state index is 12.6. The van der Waals surface area contributed by atoms with Gasteiger partial charge in [-0.2, -0.15) is 10.2 Å². The number of azo groups is 1. The van der Waals surface area contributed by atoms with E-state index in [-0.39, 0.29) is 30.8 Å². The minimum atomic E-state index is -0.519. The monoisotopic (exact) mass is 504 g/mol. The van der Waals surface area contributed by atoms with Gasteiger partial charge < -0.3 is 14.8 Å². The zero-order valence-electron chi connectivity index (χ0n) is 20.8. The number of amides is 1. The van der Waals surface area contributed by atoms with Crippen molar-refractivity contribution in [2.75, 3.05) is 18.5 Å². The van der Waals surface area contributed by atoms with E-state index in [0.717, 1.165) is 0 Å². The lowest BCUT2D eigenvalue weighted by Crippen LogP contribution is -2.27. The highest BCUT2D eigenvalue weighted by atomic mass is 16.6. The lowest BCUT2D eigenvalue weighted by atomic mass is 9.91. The van der Waals surface area contributed by atoms with Crippen molar-refractivity contribution >= 4 is 34.6 Å². The summed E-state index contributed by atoms with van der Waals surface area (Å²) in [5.41, 5.74) is 1.53. The van der Waals surface area contributed by atoms with E-state index in [1.165, 1.54) is 24.3 Å². The van der Waals surface area contributed by atoms with Crippen LogP contribution in [0, 0.1) is 15.5 Å². The molecule has 0 saturated heterocycles. The molecule has 3 aromatic carbocycles. The zero-order chi connectivity index (χ0) is 26.8. The van der Waals surface area contributed by atoms with E-state index in [1.807, 2.05) is 20.8 Å². The molecule has 0 aliphatic carbocycles. The van der Waals surface area contributed by atoms with E-state index < -0.39 is 10.3 Å². The fraction of sp³-hybridized carbons (Fsp3) is 0.259. The molecule has 10 heteroatoms. The Hall–Kier alpha value is -4.60. The van der Waals surface area contributed by atoms with Gasteiger partial charge in [0.15, 0.2) is 0 Å². The number of benzene rings is 3. The first-order chi connectivity index (χ1) is 17.7. The molecule has 0 radical (unpaired) electrons. The summed E-state index contributed by atoms with van der Waals surface area (Å²) in [7, 11) is 0. The quantitative estimate of drug-likeness (QED) is 0.103. The first kappa shape index (κ1) is 27.0. The molecule has 0 aromatic heterocycles. The van der Waals surface area contributed by atoms with Crippen molar-refractivity contribution in [3.8, 4) is 5.75 Å². The van der Waals surface area contributed by atoms with Crippen molar-refractivity contribution in [3.63, 3.8) is 0 Å². The summed E-state index contributed by atoms with van der Waals surface area (Å²) in [6.45, 7) is 5.97. The Morgan fingerprint density at radius 2 is 1.46 bits per heavy atom. The summed E-state index contributed by atoms with van der Waals surface area (Å²) in [6.07, 6.45) is 0.690. The molecule has 0 unspecified atom stereocenters. The molecule has 3 aromatic rings. The Morgan fingerprint density at radius 1 is 0.892 bits per heavy atom. The van der Waals surface area contributed by atoms with E-state index in [4.69, 9.17) is 9.47 Å². The number of rotatable bonds is 11. The number of carbonyl (C=O) groups is 2. The van der Waals surface area contributed by atoms with E-state index in [0.29, 0.717) is 34.8 Å². The number of nitrogens with one attached hydrogen (secondary N) is 1. The van der Waals surface area contributed by atoms with Crippen LogP contribution >= 0.6 is 0 Å². The topological polar surface area (TPSA) is 132 Å². The van der Waals surface area contributed by atoms with Gasteiger partial charge in [0.25, 0.3) is 11.6 Å². The summed E-state index contributed by atoms with van der Waals surface area (Å²) < 4.78 is 10.8. The highest BCUT2D eigenvalue weighted by Gasteiger charge is 2.26. The SMILES string of the molecule is CCC(C)(C)C(=O)OCCOc1ccc(C(=O)Nc2ccc(/N=N/c3ccc([N+](=O)[O-])cc3)cc2)cc1. The van der Waals surface area contributed by atoms with Gasteiger partial charge in [-0.15, -0.1) is 0 Å². The summed E-state index contributed by atoms with van der Waals surface area (Å²) in [5.74, 6) is 0.0128. The minimum Gasteiger partial charge on any atom is -0.490 e. The minimum absolute atomic E-state index is 0.0181. The van der Waals surface area contributed by atoms with Crippen LogP contribution < -0.4 is 10.1 Å². The normalized spacial score (nSPS) is 11.2. The molecule has 0 fully saturated rings. The molecule has 0 aliphatic heterocycles. The third-order valence-electron chi connectivity index (χ3n) is 5.60. The van der Waals surface area contributed by atoms with Gasteiger partial charge in [-0.25, -0.2) is 0 Å². The Kier molecular flexibility index (Phi) is 9.04. The number of hydrogen-bond acceptors (Lipinski definition) is 8. The second-order valence-corrected chi connectivity index (χ2v) is 8.72. The van der Waals surface area contributed by atoms with Crippen LogP contribution in [0.3, 0.4) is 0 Å². The van der Waals surface area contributed by atoms with Gasteiger partial charge >= 0.3 is 5.97 Å². The third-order valence-corrected chi connectivity index (χ3v) is 5.60. The standard InChI is InChI=1S/C27H28N4O6/c1-4-27(2,3)26(33)37-18-17-36-24-15-5-19(6-16-24)25(32)28-20-7-9-21(10-8-20)29-30-22-11-13-23(14-12-22)31(34)35/h5-16H,4,17-18H2,1-3H3,(H,28,32)/b30-29+. The van der Waals surface area contributed by atoms with Crippen molar-refractivity contribution < 1.29 is 24.0 Å². The zero-order valence-corrected chi connectivity index (χ0v) is 20.8. The summed E-state index contributed by atoms with van der Waals surface area (Å²) in [6, 6.07) is 19.1. The molecule has 0 bridgehead atoms. The van der Waals surface area contributed by atoms with Crippen LogP contribution in [0.25, 0.3) is 0 Å². The molecule has 3 rings (SSSR count). The van der Waals surface area contributed by atoms with Gasteiger partial charge in [0.05, 0.1) is 21.7 Å². The largest absolute Gasteiger partial charge is 0.490 e. The van der Waals surface area contributed by atoms with Gasteiger partial charge in [0.2, 0.25) is 0 Å². The molecular weight excluding hydrogens is 476 g/mol. The summed E-state index contributed by atoms with van der Waals surface area (Å²) in [5, 5.41) is 21.7. The van der Waals surface area contributed by atoms with Gasteiger partial charge in [-0.05, 0) is 80.9 Å². The average molecular weight is 505 g/mol. The molecule has 0 saturated carbocycles. The molecule has 0 spiro atoms. The molecular formula is C27H28N4O6. The molecule has 0 atom stereocenters. The Bertz CT molecular complexity index is 1250. The number of carbonyl (C=O) groups excluding carboxylic acids is 2.